The van der Waals surface area contributed by atoms with Crippen LogP contribution in [0.2, 0.25) is 0 Å². The Kier molecular flexibility index (Phi) is 5.70. The third-order valence-corrected chi connectivity index (χ3v) is 8.17. The minimum absolute atomic E-state index is 0.0388. The lowest BCUT2D eigenvalue weighted by molar-refractivity contribution is -0.173. The average molecular weight is 405 g/mol. The summed E-state index contributed by atoms with van der Waals surface area (Å²) in [5, 5.41) is 11.2. The van der Waals surface area contributed by atoms with Gasteiger partial charge < -0.3 is 10.5 Å². The lowest BCUT2D eigenvalue weighted by Crippen LogP contribution is -2.58. The molecule has 29 heavy (non-hydrogen) atoms. The maximum Gasteiger partial charge on any atom is 0.238 e. The average Bonchev–Trinajstić information content (AvgIpc) is 2.53. The highest BCUT2D eigenvalue weighted by Crippen LogP contribution is 2.62. The first-order valence-electron chi connectivity index (χ1n) is 11.3. The number of allylic oxidation sites excluding steroid dienone is 2. The molecule has 3 aliphatic carbocycles. The van der Waals surface area contributed by atoms with Crippen LogP contribution in [0.25, 0.3) is 0 Å². The van der Waals surface area contributed by atoms with E-state index in [4.69, 9.17) is 0 Å². The fraction of sp³-hybridized carbons (Fsp3) is 0.833. The summed E-state index contributed by atoms with van der Waals surface area (Å²) in [6.07, 6.45) is 8.37. The molecule has 5 nitrogen and oxygen atoms in total. The zero-order valence-electron chi connectivity index (χ0n) is 19.2. The van der Waals surface area contributed by atoms with E-state index in [0.29, 0.717) is 18.8 Å². The molecule has 0 aromatic carbocycles. The second-order valence-electron chi connectivity index (χ2n) is 11.9. The van der Waals surface area contributed by atoms with Crippen LogP contribution in [0, 0.1) is 28.1 Å². The fourth-order valence-corrected chi connectivity index (χ4v) is 6.89. The largest absolute Gasteiger partial charge is 0.390 e. The van der Waals surface area contributed by atoms with E-state index in [2.05, 4.69) is 45.5 Å². The van der Waals surface area contributed by atoms with Crippen LogP contribution in [0.1, 0.15) is 92.9 Å². The number of aliphatic hydroxyl groups is 1. The van der Waals surface area contributed by atoms with Gasteiger partial charge in [-0.25, -0.2) is 0 Å². The van der Waals surface area contributed by atoms with Gasteiger partial charge in [-0.1, -0.05) is 41.0 Å². The molecule has 0 bridgehead atoms. The van der Waals surface area contributed by atoms with Crippen LogP contribution in [0.15, 0.2) is 11.8 Å². The Morgan fingerprint density at radius 1 is 1.10 bits per heavy atom. The molecule has 5 heteroatoms. The third kappa shape index (κ3) is 4.55. The van der Waals surface area contributed by atoms with E-state index in [9.17, 15) is 14.7 Å². The highest BCUT2D eigenvalue weighted by molar-refractivity contribution is 5.91. The number of fused-ring (bicyclic) bond motifs is 1. The van der Waals surface area contributed by atoms with Crippen LogP contribution in [0.5, 0.6) is 0 Å². The van der Waals surface area contributed by atoms with Gasteiger partial charge in [0, 0.05) is 30.5 Å². The molecule has 0 aromatic rings. The van der Waals surface area contributed by atoms with Crippen LogP contribution < -0.4 is 10.9 Å². The molecule has 4 atom stereocenters. The zero-order valence-corrected chi connectivity index (χ0v) is 19.2. The van der Waals surface area contributed by atoms with E-state index in [1.807, 2.05) is 6.92 Å². The van der Waals surface area contributed by atoms with Crippen LogP contribution in [-0.2, 0) is 9.59 Å². The van der Waals surface area contributed by atoms with E-state index in [1.165, 1.54) is 6.42 Å². The van der Waals surface area contributed by atoms with Crippen molar-refractivity contribution in [3.8, 4) is 0 Å². The molecule has 3 aliphatic rings. The SMILES string of the molecule is CC1(C)CC(=O)C=C(NNC(=O)C[C@@H]2[C@@]3(C)CCCC(C)(C)[C@@H]3CC[C@@]2(C)O)C1. The van der Waals surface area contributed by atoms with Crippen LogP contribution in [0.4, 0.5) is 0 Å². The number of ketones is 1. The van der Waals surface area contributed by atoms with E-state index in [1.54, 1.807) is 6.08 Å². The maximum absolute atomic E-state index is 12.9. The molecule has 0 radical (unpaired) electrons. The summed E-state index contributed by atoms with van der Waals surface area (Å²) in [7, 11) is 0. The van der Waals surface area contributed by atoms with Crippen molar-refractivity contribution >= 4 is 11.7 Å². The van der Waals surface area contributed by atoms with Crippen molar-refractivity contribution in [2.75, 3.05) is 0 Å². The van der Waals surface area contributed by atoms with Crippen molar-refractivity contribution in [2.24, 2.45) is 28.1 Å². The van der Waals surface area contributed by atoms with Gasteiger partial charge in [-0.3, -0.25) is 15.0 Å². The maximum atomic E-state index is 12.9. The zero-order chi connectivity index (χ0) is 21.7. The predicted octanol–water partition coefficient (Wildman–Crippen LogP) is 4.26. The molecule has 0 aliphatic heterocycles. The van der Waals surface area contributed by atoms with E-state index in [0.717, 1.165) is 37.8 Å². The van der Waals surface area contributed by atoms with Crippen molar-refractivity contribution in [1.82, 2.24) is 10.9 Å². The van der Waals surface area contributed by atoms with E-state index >= 15 is 0 Å². The number of rotatable bonds is 4. The molecule has 2 fully saturated rings. The van der Waals surface area contributed by atoms with Gasteiger partial charge in [0.05, 0.1) is 5.60 Å². The molecule has 0 unspecified atom stereocenters. The third-order valence-electron chi connectivity index (χ3n) is 8.17. The summed E-state index contributed by atoms with van der Waals surface area (Å²) in [5.41, 5.74) is 5.83. The number of carbonyl (C=O) groups is 2. The monoisotopic (exact) mass is 404 g/mol. The van der Waals surface area contributed by atoms with Gasteiger partial charge in [-0.15, -0.1) is 0 Å². The summed E-state index contributed by atoms with van der Waals surface area (Å²) >= 11 is 0. The first kappa shape index (κ1) is 22.3. The molecule has 2 saturated carbocycles. The van der Waals surface area contributed by atoms with Gasteiger partial charge in [0.25, 0.3) is 0 Å². The number of nitrogens with one attached hydrogen (secondary N) is 2. The Morgan fingerprint density at radius 2 is 1.79 bits per heavy atom. The molecule has 3 rings (SSSR count). The second-order valence-corrected chi connectivity index (χ2v) is 11.9. The summed E-state index contributed by atoms with van der Waals surface area (Å²) < 4.78 is 0. The number of hydrazine groups is 1. The van der Waals surface area contributed by atoms with Gasteiger partial charge in [0.15, 0.2) is 5.78 Å². The number of carbonyl (C=O) groups excluding carboxylic acids is 2. The van der Waals surface area contributed by atoms with Crippen LogP contribution in [-0.4, -0.2) is 22.4 Å². The minimum Gasteiger partial charge on any atom is -0.390 e. The van der Waals surface area contributed by atoms with Crippen LogP contribution >= 0.6 is 0 Å². The molecular weight excluding hydrogens is 364 g/mol. The molecule has 0 aromatic heterocycles. The van der Waals surface area contributed by atoms with E-state index in [-0.39, 0.29) is 33.9 Å². The highest BCUT2D eigenvalue weighted by atomic mass is 16.3. The number of amides is 1. The summed E-state index contributed by atoms with van der Waals surface area (Å²) in [6, 6.07) is 0. The van der Waals surface area contributed by atoms with Gasteiger partial charge in [-0.05, 0) is 61.2 Å². The molecule has 3 N–H and O–H groups in total. The van der Waals surface area contributed by atoms with Crippen molar-refractivity contribution in [1.29, 1.82) is 0 Å². The molecule has 0 spiro atoms. The van der Waals surface area contributed by atoms with E-state index < -0.39 is 5.60 Å². The molecule has 1 amide bonds. The molecular formula is C24H40N2O3. The molecule has 164 valence electrons. The Morgan fingerprint density at radius 3 is 2.45 bits per heavy atom. The first-order valence-corrected chi connectivity index (χ1v) is 11.3. The standard InChI is InChI=1S/C24H40N2O3/c1-21(2)14-16(12-17(27)15-21)25-26-20(28)13-19-23(5)10-7-9-22(3,4)18(23)8-11-24(19,6)29/h12,18-19,25,29H,7-11,13-15H2,1-6H3,(H,26,28)/t18-,19+,23-,24+/m0/s1. The predicted molar refractivity (Wildman–Crippen MR) is 115 cm³/mol. The van der Waals surface area contributed by atoms with Crippen molar-refractivity contribution in [3.63, 3.8) is 0 Å². The van der Waals surface area contributed by atoms with Crippen molar-refractivity contribution in [2.45, 2.75) is 98.5 Å². The highest BCUT2D eigenvalue weighted by Gasteiger charge is 2.58. The smallest absolute Gasteiger partial charge is 0.238 e. The fourth-order valence-electron chi connectivity index (χ4n) is 6.89. The topological polar surface area (TPSA) is 78.4 Å². The Labute approximate surface area is 176 Å². The summed E-state index contributed by atoms with van der Waals surface area (Å²) in [5.74, 6) is 0.424. The van der Waals surface area contributed by atoms with Crippen molar-refractivity contribution in [3.05, 3.63) is 11.8 Å². The second kappa shape index (κ2) is 7.40. The number of hydrogen-bond donors (Lipinski definition) is 3. The number of hydrogen-bond acceptors (Lipinski definition) is 4. The minimum atomic E-state index is -0.835. The summed E-state index contributed by atoms with van der Waals surface area (Å²) in [4.78, 5) is 24.8. The normalized spacial score (nSPS) is 38.6. The van der Waals surface area contributed by atoms with Gasteiger partial charge >= 0.3 is 0 Å². The van der Waals surface area contributed by atoms with Crippen LogP contribution in [0.3, 0.4) is 0 Å². The van der Waals surface area contributed by atoms with Gasteiger partial charge in [0.1, 0.15) is 0 Å². The Hall–Kier alpha value is -1.36. The lowest BCUT2D eigenvalue weighted by atomic mass is 9.45. The lowest BCUT2D eigenvalue weighted by Gasteiger charge is -2.61. The first-order chi connectivity index (χ1) is 13.3. The Bertz CT molecular complexity index is 707. The van der Waals surface area contributed by atoms with Gasteiger partial charge in [0.2, 0.25) is 5.91 Å². The summed E-state index contributed by atoms with van der Waals surface area (Å²) in [6.45, 7) is 13.0. The molecule has 0 saturated heterocycles. The van der Waals surface area contributed by atoms with Crippen molar-refractivity contribution < 1.29 is 14.7 Å². The van der Waals surface area contributed by atoms with Gasteiger partial charge in [-0.2, -0.15) is 0 Å². The molecule has 0 heterocycles. The Balaban J connectivity index is 1.70. The quantitative estimate of drug-likeness (QED) is 0.612.